The second-order valence-corrected chi connectivity index (χ2v) is 6.62. The maximum Gasteiger partial charge on any atom is 0.292 e. The van der Waals surface area contributed by atoms with Crippen LogP contribution in [0.3, 0.4) is 0 Å². The Balaban J connectivity index is 1.56. The predicted molar refractivity (Wildman–Crippen MR) is 89.0 cm³/mol. The molecule has 1 atom stereocenters. The number of piperazine rings is 1. The number of nitrogens with zero attached hydrogens (tertiary/aromatic N) is 5. The number of likely N-dealkylation sites (N-methyl/N-ethyl adjacent to an activating group) is 1. The molecule has 2 fully saturated rings. The van der Waals surface area contributed by atoms with E-state index in [0.29, 0.717) is 26.2 Å². The van der Waals surface area contributed by atoms with Gasteiger partial charge in [-0.1, -0.05) is 5.16 Å². The monoisotopic (exact) mass is 341 g/mol. The number of hydrogen-bond donors (Lipinski definition) is 0. The van der Waals surface area contributed by atoms with Gasteiger partial charge in [0.15, 0.2) is 0 Å². The molecule has 25 heavy (non-hydrogen) atoms. The molecule has 2 saturated heterocycles. The maximum atomic E-state index is 12.5. The molecule has 2 aromatic rings. The number of aromatic nitrogens is 2. The van der Waals surface area contributed by atoms with E-state index in [2.05, 4.69) is 15.0 Å². The van der Waals surface area contributed by atoms with E-state index >= 15 is 0 Å². The minimum atomic E-state index is -0.264. The highest BCUT2D eigenvalue weighted by molar-refractivity contribution is 5.96. The fourth-order valence-corrected chi connectivity index (χ4v) is 3.66. The lowest BCUT2D eigenvalue weighted by molar-refractivity contribution is -0.123. The Hall–Kier alpha value is -2.74. The number of likely N-dealkylation sites (tertiary alicyclic amines) is 1. The molecule has 0 aromatic carbocycles. The van der Waals surface area contributed by atoms with E-state index in [0.717, 1.165) is 12.1 Å². The van der Waals surface area contributed by atoms with Crippen LogP contribution in [0.25, 0.3) is 0 Å². The van der Waals surface area contributed by atoms with Gasteiger partial charge in [0.05, 0.1) is 30.2 Å². The van der Waals surface area contributed by atoms with Crippen molar-refractivity contribution >= 4 is 17.5 Å². The van der Waals surface area contributed by atoms with Crippen LogP contribution in [0, 0.1) is 0 Å². The summed E-state index contributed by atoms with van der Waals surface area (Å²) in [5.74, 6) is 0.129. The summed E-state index contributed by atoms with van der Waals surface area (Å²) in [5.41, 5.74) is 0.527. The molecule has 0 saturated carbocycles. The fraction of sp³-hybridized carbons (Fsp3) is 0.412. The largest absolute Gasteiger partial charge is 0.351 e. The Morgan fingerprint density at radius 3 is 2.88 bits per heavy atom. The lowest BCUT2D eigenvalue weighted by Gasteiger charge is -2.46. The summed E-state index contributed by atoms with van der Waals surface area (Å²) in [6, 6.07) is 5.28. The number of anilines is 1. The lowest BCUT2D eigenvalue weighted by Crippen LogP contribution is -2.64. The highest BCUT2D eigenvalue weighted by atomic mass is 16.5. The van der Waals surface area contributed by atoms with Gasteiger partial charge >= 0.3 is 0 Å². The second kappa shape index (κ2) is 5.96. The van der Waals surface area contributed by atoms with Gasteiger partial charge in [-0.05, 0) is 25.6 Å². The van der Waals surface area contributed by atoms with Crippen molar-refractivity contribution in [1.82, 2.24) is 19.9 Å². The third kappa shape index (κ3) is 2.68. The van der Waals surface area contributed by atoms with Gasteiger partial charge in [-0.15, -0.1) is 0 Å². The molecule has 2 aromatic heterocycles. The maximum absolute atomic E-state index is 12.5. The lowest BCUT2D eigenvalue weighted by atomic mass is 9.92. The molecule has 0 bridgehead atoms. The summed E-state index contributed by atoms with van der Waals surface area (Å²) in [7, 11) is 1.95. The normalized spacial score (nSPS) is 24.3. The Morgan fingerprint density at radius 2 is 2.16 bits per heavy atom. The third-order valence-corrected chi connectivity index (χ3v) is 5.16. The Kier molecular flexibility index (Phi) is 3.76. The van der Waals surface area contributed by atoms with Crippen LogP contribution >= 0.6 is 0 Å². The van der Waals surface area contributed by atoms with Gasteiger partial charge in [-0.2, -0.15) is 0 Å². The Labute approximate surface area is 145 Å². The molecule has 0 N–H and O–H groups in total. The minimum absolute atomic E-state index is 0.0427. The molecule has 2 aliphatic heterocycles. The van der Waals surface area contributed by atoms with Crippen LogP contribution in [0.5, 0.6) is 0 Å². The van der Waals surface area contributed by atoms with Crippen LogP contribution in [-0.2, 0) is 4.79 Å². The van der Waals surface area contributed by atoms with Crippen LogP contribution in [-0.4, -0.2) is 70.5 Å². The molecule has 0 aliphatic carbocycles. The molecule has 1 spiro atoms. The van der Waals surface area contributed by atoms with Crippen LogP contribution in [0.2, 0.25) is 0 Å². The molecule has 130 valence electrons. The van der Waals surface area contributed by atoms with Crippen molar-refractivity contribution in [1.29, 1.82) is 0 Å². The zero-order valence-corrected chi connectivity index (χ0v) is 14.0. The highest BCUT2D eigenvalue weighted by Gasteiger charge is 2.49. The minimum Gasteiger partial charge on any atom is -0.351 e. The van der Waals surface area contributed by atoms with Crippen LogP contribution in [0.15, 0.2) is 41.3 Å². The van der Waals surface area contributed by atoms with Crippen molar-refractivity contribution in [3.63, 3.8) is 0 Å². The molecule has 8 heteroatoms. The molecule has 2 aliphatic rings. The van der Waals surface area contributed by atoms with Crippen molar-refractivity contribution in [3.8, 4) is 0 Å². The van der Waals surface area contributed by atoms with Crippen LogP contribution < -0.4 is 4.90 Å². The molecule has 4 rings (SSSR count). The Bertz CT molecular complexity index is 779. The number of carbonyl (C=O) groups excluding carboxylic acids is 2. The first-order chi connectivity index (χ1) is 12.1. The summed E-state index contributed by atoms with van der Waals surface area (Å²) < 4.78 is 4.99. The first-order valence-electron chi connectivity index (χ1n) is 8.21. The van der Waals surface area contributed by atoms with Crippen molar-refractivity contribution in [3.05, 3.63) is 42.5 Å². The van der Waals surface area contributed by atoms with E-state index in [-0.39, 0.29) is 23.1 Å². The summed E-state index contributed by atoms with van der Waals surface area (Å²) in [4.78, 5) is 34.8. The molecular weight excluding hydrogens is 322 g/mol. The van der Waals surface area contributed by atoms with E-state index < -0.39 is 0 Å². The van der Waals surface area contributed by atoms with Crippen molar-refractivity contribution < 1.29 is 14.1 Å². The van der Waals surface area contributed by atoms with Gasteiger partial charge in [0, 0.05) is 31.9 Å². The topological polar surface area (TPSA) is 82.8 Å². The first-order valence-corrected chi connectivity index (χ1v) is 8.21. The van der Waals surface area contributed by atoms with Crippen LogP contribution in [0.4, 0.5) is 5.69 Å². The highest BCUT2D eigenvalue weighted by Crippen LogP contribution is 2.33. The number of pyridine rings is 1. The van der Waals surface area contributed by atoms with Crippen LogP contribution in [0.1, 0.15) is 17.0 Å². The second-order valence-electron chi connectivity index (χ2n) is 6.62. The zero-order chi connectivity index (χ0) is 17.4. The average molecular weight is 341 g/mol. The molecule has 0 radical (unpaired) electrons. The SMILES string of the molecule is CN1CC(=O)N(c2cccnc2)CC12CCN(C(=O)c1ccno1)C2. The molecule has 1 unspecified atom stereocenters. The van der Waals surface area contributed by atoms with Gasteiger partial charge in [0.25, 0.3) is 5.91 Å². The standard InChI is InChI=1S/C17H19N5O3/c1-20-10-15(23)22(13-3-2-6-18-9-13)12-17(20)5-8-21(11-17)16(24)14-4-7-19-25-14/h2-4,6-7,9H,5,8,10-12H2,1H3. The summed E-state index contributed by atoms with van der Waals surface area (Å²) in [6.45, 7) is 2.03. The van der Waals surface area contributed by atoms with E-state index in [9.17, 15) is 9.59 Å². The van der Waals surface area contributed by atoms with Gasteiger partial charge in [0.1, 0.15) is 0 Å². The summed E-state index contributed by atoms with van der Waals surface area (Å²) >= 11 is 0. The molecule has 2 amide bonds. The quantitative estimate of drug-likeness (QED) is 0.797. The Morgan fingerprint density at radius 1 is 1.28 bits per heavy atom. The van der Waals surface area contributed by atoms with E-state index in [1.807, 2.05) is 19.2 Å². The number of hydrogen-bond acceptors (Lipinski definition) is 6. The van der Waals surface area contributed by atoms with Gasteiger partial charge in [-0.3, -0.25) is 19.5 Å². The van der Waals surface area contributed by atoms with Crippen molar-refractivity contribution in [2.24, 2.45) is 0 Å². The molecule has 4 heterocycles. The number of carbonyl (C=O) groups is 2. The number of amides is 2. The zero-order valence-electron chi connectivity index (χ0n) is 14.0. The smallest absolute Gasteiger partial charge is 0.292 e. The summed E-state index contributed by atoms with van der Waals surface area (Å²) in [5, 5.41) is 3.60. The summed E-state index contributed by atoms with van der Waals surface area (Å²) in [6.07, 6.45) is 5.65. The van der Waals surface area contributed by atoms with E-state index in [1.54, 1.807) is 28.3 Å². The average Bonchev–Trinajstić information content (AvgIpc) is 3.30. The first kappa shape index (κ1) is 15.8. The predicted octanol–water partition coefficient (Wildman–Crippen LogP) is 0.633. The van der Waals surface area contributed by atoms with Crippen molar-refractivity contribution in [2.45, 2.75) is 12.0 Å². The van der Waals surface area contributed by atoms with Gasteiger partial charge in [-0.25, -0.2) is 0 Å². The van der Waals surface area contributed by atoms with E-state index in [1.165, 1.54) is 6.20 Å². The fourth-order valence-electron chi connectivity index (χ4n) is 3.66. The molecular formula is C17H19N5O3. The van der Waals surface area contributed by atoms with E-state index in [4.69, 9.17) is 4.52 Å². The van der Waals surface area contributed by atoms with Gasteiger partial charge < -0.3 is 14.3 Å². The van der Waals surface area contributed by atoms with Crippen molar-refractivity contribution in [2.75, 3.05) is 38.1 Å². The number of rotatable bonds is 2. The van der Waals surface area contributed by atoms with Gasteiger partial charge in [0.2, 0.25) is 11.7 Å². The third-order valence-electron chi connectivity index (χ3n) is 5.16. The molecule has 8 nitrogen and oxygen atoms in total.